The van der Waals surface area contributed by atoms with Crippen LogP contribution in [-0.4, -0.2) is 69.2 Å². The summed E-state index contributed by atoms with van der Waals surface area (Å²) in [7, 11) is 4.47. The third-order valence-electron chi connectivity index (χ3n) is 5.21. The number of amides is 1. The number of ether oxygens (including phenoxy) is 3. The number of benzene rings is 2. The molecule has 1 fully saturated rings. The Hall–Kier alpha value is -2.77. The van der Waals surface area contributed by atoms with Crippen molar-refractivity contribution in [1.82, 2.24) is 9.80 Å². The van der Waals surface area contributed by atoms with Crippen LogP contribution in [0.4, 0.5) is 0 Å². The first-order valence-corrected chi connectivity index (χ1v) is 9.95. The quantitative estimate of drug-likeness (QED) is 0.653. The Morgan fingerprint density at radius 1 is 0.900 bits per heavy atom. The van der Waals surface area contributed by atoms with E-state index in [9.17, 15) is 9.59 Å². The SMILES string of the molecule is COC(=O)C(c1ccc(Cl)cc1)N1CCN(C(=O)c2ccc(OC)c(OC)c2)CC1. The highest BCUT2D eigenvalue weighted by atomic mass is 35.5. The molecule has 0 bridgehead atoms. The molecule has 0 aliphatic carbocycles. The summed E-state index contributed by atoms with van der Waals surface area (Å²) in [6, 6.07) is 11.7. The molecule has 1 aliphatic rings. The van der Waals surface area contributed by atoms with Gasteiger partial charge >= 0.3 is 5.97 Å². The highest BCUT2D eigenvalue weighted by Gasteiger charge is 2.32. The van der Waals surface area contributed by atoms with E-state index < -0.39 is 6.04 Å². The number of rotatable bonds is 6. The van der Waals surface area contributed by atoms with Gasteiger partial charge in [-0.25, -0.2) is 4.79 Å². The maximum Gasteiger partial charge on any atom is 0.327 e. The molecule has 7 nitrogen and oxygen atoms in total. The molecule has 3 rings (SSSR count). The lowest BCUT2D eigenvalue weighted by atomic mass is 10.0. The van der Waals surface area contributed by atoms with Gasteiger partial charge in [-0.1, -0.05) is 23.7 Å². The monoisotopic (exact) mass is 432 g/mol. The lowest BCUT2D eigenvalue weighted by Crippen LogP contribution is -2.51. The molecular formula is C22H25ClN2O5. The Morgan fingerprint density at radius 3 is 2.10 bits per heavy atom. The maximum absolute atomic E-state index is 12.9. The van der Waals surface area contributed by atoms with Crippen molar-refractivity contribution in [2.75, 3.05) is 47.5 Å². The summed E-state index contributed by atoms with van der Waals surface area (Å²) < 4.78 is 15.5. The highest BCUT2D eigenvalue weighted by molar-refractivity contribution is 6.30. The van der Waals surface area contributed by atoms with Gasteiger partial charge in [0.1, 0.15) is 6.04 Å². The average molecular weight is 433 g/mol. The van der Waals surface area contributed by atoms with E-state index in [-0.39, 0.29) is 11.9 Å². The van der Waals surface area contributed by atoms with Crippen LogP contribution in [0.25, 0.3) is 0 Å². The summed E-state index contributed by atoms with van der Waals surface area (Å²) in [6.45, 7) is 2.07. The van der Waals surface area contributed by atoms with E-state index in [4.69, 9.17) is 25.8 Å². The van der Waals surface area contributed by atoms with E-state index in [1.807, 2.05) is 17.0 Å². The van der Waals surface area contributed by atoms with Gasteiger partial charge in [-0.15, -0.1) is 0 Å². The Kier molecular flexibility index (Phi) is 7.18. The number of hydrogen-bond acceptors (Lipinski definition) is 6. The van der Waals surface area contributed by atoms with Gasteiger partial charge in [-0.3, -0.25) is 9.69 Å². The van der Waals surface area contributed by atoms with Crippen LogP contribution in [0.2, 0.25) is 5.02 Å². The molecule has 30 heavy (non-hydrogen) atoms. The molecule has 1 aliphatic heterocycles. The standard InChI is InChI=1S/C22H25ClN2O5/c1-28-18-9-6-16(14-19(18)29-2)21(26)25-12-10-24(11-13-25)20(22(27)30-3)15-4-7-17(23)8-5-15/h4-9,14,20H,10-13H2,1-3H3. The maximum atomic E-state index is 12.9. The van der Waals surface area contributed by atoms with E-state index >= 15 is 0 Å². The number of carbonyl (C=O) groups is 2. The topological polar surface area (TPSA) is 68.3 Å². The van der Waals surface area contributed by atoms with Crippen LogP contribution in [-0.2, 0) is 9.53 Å². The second-order valence-electron chi connectivity index (χ2n) is 6.88. The summed E-state index contributed by atoms with van der Waals surface area (Å²) in [4.78, 5) is 29.2. The molecule has 0 spiro atoms. The Balaban J connectivity index is 1.71. The molecule has 2 aromatic carbocycles. The van der Waals surface area contributed by atoms with Gasteiger partial charge in [-0.05, 0) is 35.9 Å². The minimum atomic E-state index is -0.536. The van der Waals surface area contributed by atoms with Crippen LogP contribution in [0.15, 0.2) is 42.5 Å². The molecule has 2 aromatic rings. The summed E-state index contributed by atoms with van der Waals surface area (Å²) in [5.74, 6) is 0.659. The molecule has 1 amide bonds. The van der Waals surface area contributed by atoms with E-state index in [2.05, 4.69) is 0 Å². The molecule has 8 heteroatoms. The molecule has 1 saturated heterocycles. The third kappa shape index (κ3) is 4.68. The Bertz CT molecular complexity index is 895. The van der Waals surface area contributed by atoms with Crippen LogP contribution in [0.5, 0.6) is 11.5 Å². The number of hydrogen-bond donors (Lipinski definition) is 0. The minimum absolute atomic E-state index is 0.0864. The van der Waals surface area contributed by atoms with Crippen molar-refractivity contribution in [3.8, 4) is 11.5 Å². The lowest BCUT2D eigenvalue weighted by Gasteiger charge is -2.38. The molecule has 0 saturated carbocycles. The fourth-order valence-corrected chi connectivity index (χ4v) is 3.71. The van der Waals surface area contributed by atoms with Crippen molar-refractivity contribution in [3.63, 3.8) is 0 Å². The zero-order chi connectivity index (χ0) is 21.7. The second-order valence-corrected chi connectivity index (χ2v) is 7.31. The summed E-state index contributed by atoms with van der Waals surface area (Å²) in [6.07, 6.45) is 0. The molecule has 0 aromatic heterocycles. The van der Waals surface area contributed by atoms with Crippen LogP contribution >= 0.6 is 11.6 Å². The van der Waals surface area contributed by atoms with Gasteiger partial charge < -0.3 is 19.1 Å². The van der Waals surface area contributed by atoms with Gasteiger partial charge in [0.15, 0.2) is 11.5 Å². The molecule has 0 radical (unpaired) electrons. The first-order chi connectivity index (χ1) is 14.5. The smallest absolute Gasteiger partial charge is 0.327 e. The number of halogens is 1. The molecule has 1 atom stereocenters. The molecule has 0 N–H and O–H groups in total. The molecule has 160 valence electrons. The summed E-state index contributed by atoms with van der Waals surface area (Å²) in [5, 5.41) is 0.604. The molecule has 1 unspecified atom stereocenters. The van der Waals surface area contributed by atoms with Crippen molar-refractivity contribution >= 4 is 23.5 Å². The minimum Gasteiger partial charge on any atom is -0.493 e. The third-order valence-corrected chi connectivity index (χ3v) is 5.46. The number of carbonyl (C=O) groups excluding carboxylic acids is 2. The fourth-order valence-electron chi connectivity index (χ4n) is 3.59. The summed E-state index contributed by atoms with van der Waals surface area (Å²) in [5.41, 5.74) is 1.34. The first-order valence-electron chi connectivity index (χ1n) is 9.57. The predicted molar refractivity (Wildman–Crippen MR) is 113 cm³/mol. The van der Waals surface area contributed by atoms with Crippen LogP contribution < -0.4 is 9.47 Å². The van der Waals surface area contributed by atoms with Crippen LogP contribution in [0.1, 0.15) is 22.0 Å². The molecule has 1 heterocycles. The van der Waals surface area contributed by atoms with Gasteiger partial charge in [0, 0.05) is 36.8 Å². The highest BCUT2D eigenvalue weighted by Crippen LogP contribution is 2.29. The largest absolute Gasteiger partial charge is 0.493 e. The first kappa shape index (κ1) is 21.9. The van der Waals surface area contributed by atoms with Gasteiger partial charge in [0.05, 0.1) is 21.3 Å². The number of esters is 1. The van der Waals surface area contributed by atoms with Gasteiger partial charge in [0.2, 0.25) is 0 Å². The van der Waals surface area contributed by atoms with Crippen molar-refractivity contribution in [2.45, 2.75) is 6.04 Å². The number of nitrogens with zero attached hydrogens (tertiary/aromatic N) is 2. The van der Waals surface area contributed by atoms with Gasteiger partial charge in [0.25, 0.3) is 5.91 Å². The number of piperazine rings is 1. The second kappa shape index (κ2) is 9.82. The van der Waals surface area contributed by atoms with Crippen LogP contribution in [0.3, 0.4) is 0 Å². The van der Waals surface area contributed by atoms with E-state index in [0.717, 1.165) is 5.56 Å². The predicted octanol–water partition coefficient (Wildman–Crippen LogP) is 3.03. The van der Waals surface area contributed by atoms with E-state index in [1.54, 1.807) is 42.3 Å². The van der Waals surface area contributed by atoms with Crippen molar-refractivity contribution in [1.29, 1.82) is 0 Å². The number of methoxy groups -OCH3 is 3. The van der Waals surface area contributed by atoms with Crippen molar-refractivity contribution in [2.24, 2.45) is 0 Å². The normalized spacial score (nSPS) is 15.4. The van der Waals surface area contributed by atoms with Crippen molar-refractivity contribution in [3.05, 3.63) is 58.6 Å². The summed E-state index contributed by atoms with van der Waals surface area (Å²) >= 11 is 5.98. The zero-order valence-electron chi connectivity index (χ0n) is 17.3. The Labute approximate surface area is 181 Å². The Morgan fingerprint density at radius 2 is 1.53 bits per heavy atom. The van der Waals surface area contributed by atoms with E-state index in [1.165, 1.54) is 14.2 Å². The van der Waals surface area contributed by atoms with E-state index in [0.29, 0.717) is 48.3 Å². The molecular weight excluding hydrogens is 408 g/mol. The lowest BCUT2D eigenvalue weighted by molar-refractivity contribution is -0.148. The van der Waals surface area contributed by atoms with Gasteiger partial charge in [-0.2, -0.15) is 0 Å². The average Bonchev–Trinajstić information content (AvgIpc) is 2.79. The van der Waals surface area contributed by atoms with Crippen LogP contribution in [0, 0.1) is 0 Å². The zero-order valence-corrected chi connectivity index (χ0v) is 18.0. The fraction of sp³-hybridized carbons (Fsp3) is 0.364. The van der Waals surface area contributed by atoms with Crippen molar-refractivity contribution < 1.29 is 23.8 Å².